The lowest BCUT2D eigenvalue weighted by molar-refractivity contribution is 0.102. The Labute approximate surface area is 173 Å². The second-order valence-electron chi connectivity index (χ2n) is 6.15. The summed E-state index contributed by atoms with van der Waals surface area (Å²) in [6, 6.07) is 8.23. The molecule has 0 bridgehead atoms. The second kappa shape index (κ2) is 8.73. The van der Waals surface area contributed by atoms with E-state index in [1.54, 1.807) is 12.1 Å². The minimum absolute atomic E-state index is 0.0395. The first-order chi connectivity index (χ1) is 12.6. The van der Waals surface area contributed by atoms with Gasteiger partial charge in [-0.2, -0.15) is 0 Å². The Balaban J connectivity index is 2.48. The third kappa shape index (κ3) is 4.54. The third-order valence-corrected chi connectivity index (χ3v) is 7.43. The van der Waals surface area contributed by atoms with Crippen LogP contribution in [0.4, 0.5) is 5.69 Å². The Hall–Kier alpha value is -1.41. The molecule has 2 rings (SSSR count). The molecule has 0 aliphatic heterocycles. The summed E-state index contributed by atoms with van der Waals surface area (Å²) in [5, 5.41) is 3.51. The molecule has 1 amide bonds. The fraction of sp³-hybridized carbons (Fsp3) is 0.316. The van der Waals surface area contributed by atoms with E-state index in [-0.39, 0.29) is 16.4 Å². The molecule has 0 aliphatic carbocycles. The predicted molar refractivity (Wildman–Crippen MR) is 113 cm³/mol. The summed E-state index contributed by atoms with van der Waals surface area (Å²) in [6.45, 7) is 3.97. The number of nitrogens with one attached hydrogen (secondary N) is 1. The summed E-state index contributed by atoms with van der Waals surface area (Å²) in [5.41, 5.74) is 2.78. The number of carbonyl (C=O) groups is 1. The number of halogens is 2. The van der Waals surface area contributed by atoms with Gasteiger partial charge in [-0.25, -0.2) is 12.7 Å². The van der Waals surface area contributed by atoms with E-state index >= 15 is 0 Å². The number of hydrogen-bond acceptors (Lipinski definition) is 3. The number of aryl methyl sites for hydroxylation is 1. The lowest BCUT2D eigenvalue weighted by atomic mass is 10.0. The standard InChI is InChI=1S/C19H22BrClN2O3S/c1-5-12-8-10-16(21)14(6-2)18(12)22-19(24)13-7-9-15(20)17(11-13)27(25,26)23(3)4/h7-11H,5-6H2,1-4H3,(H,22,24). The Morgan fingerprint density at radius 3 is 2.37 bits per heavy atom. The fourth-order valence-corrected chi connectivity index (χ4v) is 4.83. The zero-order chi connectivity index (χ0) is 20.4. The van der Waals surface area contributed by atoms with Gasteiger partial charge in [0.2, 0.25) is 10.0 Å². The molecule has 146 valence electrons. The Bertz CT molecular complexity index is 975. The number of anilines is 1. The first-order valence-corrected chi connectivity index (χ1v) is 11.1. The number of sulfonamides is 1. The van der Waals surface area contributed by atoms with Gasteiger partial charge >= 0.3 is 0 Å². The maximum atomic E-state index is 12.8. The van der Waals surface area contributed by atoms with Crippen LogP contribution in [0.2, 0.25) is 5.02 Å². The normalized spacial score (nSPS) is 11.7. The van der Waals surface area contributed by atoms with E-state index < -0.39 is 10.0 Å². The average Bonchev–Trinajstić information content (AvgIpc) is 2.62. The van der Waals surface area contributed by atoms with Crippen molar-refractivity contribution in [2.75, 3.05) is 19.4 Å². The molecule has 0 aromatic heterocycles. The van der Waals surface area contributed by atoms with Gasteiger partial charge in [0.05, 0.1) is 4.90 Å². The highest BCUT2D eigenvalue weighted by atomic mass is 79.9. The van der Waals surface area contributed by atoms with Gasteiger partial charge in [0, 0.05) is 34.8 Å². The van der Waals surface area contributed by atoms with Crippen LogP contribution in [0.25, 0.3) is 0 Å². The number of amides is 1. The first-order valence-electron chi connectivity index (χ1n) is 8.47. The number of hydrogen-bond donors (Lipinski definition) is 1. The van der Waals surface area contributed by atoms with Crippen molar-refractivity contribution in [3.63, 3.8) is 0 Å². The van der Waals surface area contributed by atoms with Crippen molar-refractivity contribution in [2.45, 2.75) is 31.6 Å². The Kier molecular flexibility index (Phi) is 7.08. The summed E-state index contributed by atoms with van der Waals surface area (Å²) < 4.78 is 26.5. The highest BCUT2D eigenvalue weighted by Crippen LogP contribution is 2.31. The molecule has 0 heterocycles. The van der Waals surface area contributed by atoms with Crippen LogP contribution >= 0.6 is 27.5 Å². The highest BCUT2D eigenvalue weighted by Gasteiger charge is 2.23. The van der Waals surface area contributed by atoms with Gasteiger partial charge in [-0.15, -0.1) is 0 Å². The number of nitrogens with zero attached hydrogens (tertiary/aromatic N) is 1. The average molecular weight is 474 g/mol. The number of carbonyl (C=O) groups excluding carboxylic acids is 1. The van der Waals surface area contributed by atoms with Gasteiger partial charge in [-0.1, -0.05) is 31.5 Å². The van der Waals surface area contributed by atoms with Crippen LogP contribution in [-0.4, -0.2) is 32.7 Å². The molecule has 0 aliphatic rings. The maximum Gasteiger partial charge on any atom is 0.255 e. The zero-order valence-corrected chi connectivity index (χ0v) is 18.8. The molecule has 0 radical (unpaired) electrons. The summed E-state index contributed by atoms with van der Waals surface area (Å²) in [7, 11) is -0.792. The monoisotopic (exact) mass is 472 g/mol. The molecule has 2 aromatic rings. The van der Waals surface area contributed by atoms with Gasteiger partial charge in [0.1, 0.15) is 0 Å². The highest BCUT2D eigenvalue weighted by molar-refractivity contribution is 9.10. The molecular weight excluding hydrogens is 452 g/mol. The van der Waals surface area contributed by atoms with Crippen molar-refractivity contribution < 1.29 is 13.2 Å². The van der Waals surface area contributed by atoms with E-state index in [2.05, 4.69) is 21.2 Å². The van der Waals surface area contributed by atoms with E-state index in [0.29, 0.717) is 21.6 Å². The maximum absolute atomic E-state index is 12.8. The van der Waals surface area contributed by atoms with Gasteiger partial charge < -0.3 is 5.32 Å². The van der Waals surface area contributed by atoms with Crippen LogP contribution in [0, 0.1) is 0 Å². The van der Waals surface area contributed by atoms with E-state index in [0.717, 1.165) is 21.9 Å². The summed E-state index contributed by atoms with van der Waals surface area (Å²) in [4.78, 5) is 12.9. The number of benzene rings is 2. The molecule has 2 aromatic carbocycles. The van der Waals surface area contributed by atoms with Crippen molar-refractivity contribution in [3.05, 3.63) is 56.5 Å². The van der Waals surface area contributed by atoms with Crippen LogP contribution in [0.5, 0.6) is 0 Å². The van der Waals surface area contributed by atoms with E-state index in [1.807, 2.05) is 26.0 Å². The van der Waals surface area contributed by atoms with Gasteiger partial charge in [0.15, 0.2) is 0 Å². The molecule has 0 atom stereocenters. The van der Waals surface area contributed by atoms with Crippen LogP contribution in [0.15, 0.2) is 39.7 Å². The van der Waals surface area contributed by atoms with Crippen molar-refractivity contribution in [1.29, 1.82) is 0 Å². The van der Waals surface area contributed by atoms with Gasteiger partial charge in [0.25, 0.3) is 5.91 Å². The molecule has 27 heavy (non-hydrogen) atoms. The third-order valence-electron chi connectivity index (χ3n) is 4.27. The SMILES string of the molecule is CCc1ccc(Cl)c(CC)c1NC(=O)c1ccc(Br)c(S(=O)(=O)N(C)C)c1. The van der Waals surface area contributed by atoms with Crippen molar-refractivity contribution >= 4 is 49.1 Å². The summed E-state index contributed by atoms with van der Waals surface area (Å²) in [5.74, 6) is -0.385. The fourth-order valence-electron chi connectivity index (χ4n) is 2.69. The van der Waals surface area contributed by atoms with Crippen LogP contribution in [0.3, 0.4) is 0 Å². The molecule has 5 nitrogen and oxygen atoms in total. The summed E-state index contributed by atoms with van der Waals surface area (Å²) in [6.07, 6.45) is 1.41. The topological polar surface area (TPSA) is 66.5 Å². The number of rotatable bonds is 6. The molecular formula is C19H22BrClN2O3S. The minimum atomic E-state index is -3.68. The van der Waals surface area contributed by atoms with Crippen molar-refractivity contribution in [1.82, 2.24) is 4.31 Å². The Morgan fingerprint density at radius 2 is 1.81 bits per heavy atom. The predicted octanol–water partition coefficient (Wildman–Crippen LogP) is 4.73. The van der Waals surface area contributed by atoms with E-state index in [9.17, 15) is 13.2 Å². The van der Waals surface area contributed by atoms with Crippen LogP contribution in [0.1, 0.15) is 35.3 Å². The quantitative estimate of drug-likeness (QED) is 0.659. The Morgan fingerprint density at radius 1 is 1.15 bits per heavy atom. The smallest absolute Gasteiger partial charge is 0.255 e. The van der Waals surface area contributed by atoms with Crippen LogP contribution < -0.4 is 5.32 Å². The van der Waals surface area contributed by atoms with E-state index in [1.165, 1.54) is 20.2 Å². The van der Waals surface area contributed by atoms with Crippen molar-refractivity contribution in [2.24, 2.45) is 0 Å². The zero-order valence-electron chi connectivity index (χ0n) is 15.6. The van der Waals surface area contributed by atoms with E-state index in [4.69, 9.17) is 11.6 Å². The lowest BCUT2D eigenvalue weighted by Gasteiger charge is -2.17. The first kappa shape index (κ1) is 21.9. The van der Waals surface area contributed by atoms with Gasteiger partial charge in [-0.05, 0) is 64.2 Å². The second-order valence-corrected chi connectivity index (χ2v) is 9.54. The molecule has 8 heteroatoms. The summed E-state index contributed by atoms with van der Waals surface area (Å²) >= 11 is 9.54. The molecule has 1 N–H and O–H groups in total. The lowest BCUT2D eigenvalue weighted by Crippen LogP contribution is -2.23. The molecule has 0 spiro atoms. The molecule has 0 saturated carbocycles. The largest absolute Gasteiger partial charge is 0.321 e. The minimum Gasteiger partial charge on any atom is -0.321 e. The van der Waals surface area contributed by atoms with Crippen LogP contribution in [-0.2, 0) is 22.9 Å². The molecule has 0 unspecified atom stereocenters. The van der Waals surface area contributed by atoms with Crippen molar-refractivity contribution in [3.8, 4) is 0 Å². The molecule has 0 saturated heterocycles. The molecule has 0 fully saturated rings. The van der Waals surface area contributed by atoms with Gasteiger partial charge in [-0.3, -0.25) is 4.79 Å².